The molecule has 0 unspecified atom stereocenters. The Hall–Kier alpha value is -2.07. The molecule has 0 radical (unpaired) electrons. The Labute approximate surface area is 143 Å². The second-order valence-electron chi connectivity index (χ2n) is 6.81. The molecule has 1 amide bonds. The largest absolute Gasteiger partial charge is 0.467 e. The lowest BCUT2D eigenvalue weighted by Gasteiger charge is -2.26. The number of nitrogens with one attached hydrogen (secondary N) is 1. The fourth-order valence-corrected chi connectivity index (χ4v) is 1.79. The number of terminal acetylenes is 1. The molecule has 0 aromatic heterocycles. The minimum Gasteiger partial charge on any atom is -0.467 e. The van der Waals surface area contributed by atoms with Gasteiger partial charge in [-0.3, -0.25) is 9.59 Å². The molecule has 0 bridgehead atoms. The minimum atomic E-state index is -1.23. The number of carbonyl (C=O) groups is 3. The molecular weight excluding hydrogens is 314 g/mol. The number of methoxy groups -OCH3 is 1. The van der Waals surface area contributed by atoms with E-state index in [1.807, 2.05) is 0 Å². The van der Waals surface area contributed by atoms with Crippen LogP contribution in [0.25, 0.3) is 0 Å². The molecule has 0 aromatic carbocycles. The molecule has 0 aliphatic rings. The quantitative estimate of drug-likeness (QED) is 0.403. The zero-order valence-electron chi connectivity index (χ0n) is 15.2. The van der Waals surface area contributed by atoms with Crippen LogP contribution < -0.4 is 5.32 Å². The highest BCUT2D eigenvalue weighted by atomic mass is 16.6. The van der Waals surface area contributed by atoms with E-state index >= 15 is 0 Å². The van der Waals surface area contributed by atoms with Gasteiger partial charge in [-0.05, 0) is 34.6 Å². The number of rotatable bonds is 8. The molecule has 0 fully saturated rings. The first kappa shape index (κ1) is 21.9. The predicted molar refractivity (Wildman–Crippen MR) is 87.8 cm³/mol. The van der Waals surface area contributed by atoms with Crippen LogP contribution in [-0.4, -0.2) is 49.3 Å². The lowest BCUT2D eigenvalue weighted by Crippen LogP contribution is -2.53. The zero-order valence-corrected chi connectivity index (χ0v) is 15.2. The first-order valence-corrected chi connectivity index (χ1v) is 7.56. The Morgan fingerprint density at radius 1 is 1.17 bits per heavy atom. The van der Waals surface area contributed by atoms with Gasteiger partial charge in [-0.2, -0.15) is 0 Å². The molecule has 1 N–H and O–H groups in total. The molecule has 0 aliphatic carbocycles. The van der Waals surface area contributed by atoms with Crippen molar-refractivity contribution in [2.75, 3.05) is 20.3 Å². The standard InChI is InChI=1S/C17H27NO6/c1-8-9-23-11-12(10-13(19)24-16(2,3)4)14(20)18-17(5,6)15(21)22-7/h1,12H,9-11H2,2-7H3,(H,18,20)/t12-/m0/s1. The van der Waals surface area contributed by atoms with Gasteiger partial charge in [0.05, 0.1) is 26.1 Å². The maximum absolute atomic E-state index is 12.4. The lowest BCUT2D eigenvalue weighted by molar-refractivity contribution is -0.158. The first-order valence-electron chi connectivity index (χ1n) is 7.56. The Morgan fingerprint density at radius 2 is 1.75 bits per heavy atom. The molecule has 136 valence electrons. The molecule has 7 nitrogen and oxygen atoms in total. The van der Waals surface area contributed by atoms with Gasteiger partial charge in [0.1, 0.15) is 17.7 Å². The number of esters is 2. The molecule has 1 atom stereocenters. The van der Waals surface area contributed by atoms with Gasteiger partial charge >= 0.3 is 11.9 Å². The highest BCUT2D eigenvalue weighted by Gasteiger charge is 2.34. The molecule has 0 spiro atoms. The second-order valence-corrected chi connectivity index (χ2v) is 6.81. The van der Waals surface area contributed by atoms with E-state index < -0.39 is 34.9 Å². The third-order valence-corrected chi connectivity index (χ3v) is 2.84. The first-order chi connectivity index (χ1) is 10.9. The number of hydrogen-bond donors (Lipinski definition) is 1. The van der Waals surface area contributed by atoms with Crippen molar-refractivity contribution < 1.29 is 28.6 Å². The van der Waals surface area contributed by atoms with Crippen LogP contribution in [0.4, 0.5) is 0 Å². The summed E-state index contributed by atoms with van der Waals surface area (Å²) in [5, 5.41) is 2.55. The maximum atomic E-state index is 12.4. The van der Waals surface area contributed by atoms with Gasteiger partial charge in [0.15, 0.2) is 0 Å². The van der Waals surface area contributed by atoms with E-state index in [0.717, 1.165) is 0 Å². The summed E-state index contributed by atoms with van der Waals surface area (Å²) in [5.41, 5.74) is -1.90. The minimum absolute atomic E-state index is 0.0124. The van der Waals surface area contributed by atoms with Gasteiger partial charge in [-0.1, -0.05) is 5.92 Å². The molecule has 0 aromatic rings. The van der Waals surface area contributed by atoms with Crippen LogP contribution in [0.1, 0.15) is 41.0 Å². The molecule has 0 saturated heterocycles. The summed E-state index contributed by atoms with van der Waals surface area (Å²) in [6.45, 7) is 8.15. The molecule has 0 aliphatic heterocycles. The van der Waals surface area contributed by atoms with Gasteiger partial charge in [0.25, 0.3) is 0 Å². The second kappa shape index (κ2) is 9.28. The number of ether oxygens (including phenoxy) is 3. The average molecular weight is 341 g/mol. The Balaban J connectivity index is 4.99. The molecule has 7 heteroatoms. The summed E-state index contributed by atoms with van der Waals surface area (Å²) in [6, 6.07) is 0. The van der Waals surface area contributed by atoms with Crippen molar-refractivity contribution in [2.24, 2.45) is 5.92 Å². The van der Waals surface area contributed by atoms with E-state index in [1.54, 1.807) is 20.8 Å². The zero-order chi connectivity index (χ0) is 19.0. The third kappa shape index (κ3) is 8.53. The normalized spacial score (nSPS) is 12.7. The van der Waals surface area contributed by atoms with Crippen molar-refractivity contribution in [3.05, 3.63) is 0 Å². The number of carbonyl (C=O) groups excluding carboxylic acids is 3. The van der Waals surface area contributed by atoms with Crippen molar-refractivity contribution >= 4 is 17.8 Å². The smallest absolute Gasteiger partial charge is 0.330 e. The van der Waals surface area contributed by atoms with Crippen molar-refractivity contribution in [3.63, 3.8) is 0 Å². The van der Waals surface area contributed by atoms with E-state index in [1.165, 1.54) is 21.0 Å². The maximum Gasteiger partial charge on any atom is 0.330 e. The molecule has 0 rings (SSSR count). The topological polar surface area (TPSA) is 90.9 Å². The van der Waals surface area contributed by atoms with Crippen molar-refractivity contribution in [1.82, 2.24) is 5.32 Å². The fraction of sp³-hybridized carbons (Fsp3) is 0.706. The van der Waals surface area contributed by atoms with Gasteiger partial charge in [-0.15, -0.1) is 6.42 Å². The van der Waals surface area contributed by atoms with Gasteiger partial charge in [0, 0.05) is 0 Å². The summed E-state index contributed by atoms with van der Waals surface area (Å²) in [7, 11) is 1.23. The number of amides is 1. The van der Waals surface area contributed by atoms with E-state index in [4.69, 9.17) is 15.9 Å². The highest BCUT2D eigenvalue weighted by Crippen LogP contribution is 2.14. The van der Waals surface area contributed by atoms with Crippen LogP contribution >= 0.6 is 0 Å². The molecular formula is C17H27NO6. The van der Waals surface area contributed by atoms with Crippen LogP contribution in [0.15, 0.2) is 0 Å². The highest BCUT2D eigenvalue weighted by molar-refractivity contribution is 5.90. The summed E-state index contributed by atoms with van der Waals surface area (Å²) in [4.78, 5) is 36.1. The van der Waals surface area contributed by atoms with Gasteiger partial charge in [0.2, 0.25) is 5.91 Å². The molecule has 0 heterocycles. The fourth-order valence-electron chi connectivity index (χ4n) is 1.79. The van der Waals surface area contributed by atoms with E-state index in [9.17, 15) is 14.4 Å². The van der Waals surface area contributed by atoms with Crippen molar-refractivity contribution in [3.8, 4) is 12.3 Å². The van der Waals surface area contributed by atoms with Crippen LogP contribution in [-0.2, 0) is 28.6 Å². The monoisotopic (exact) mass is 341 g/mol. The predicted octanol–water partition coefficient (Wildman–Crippen LogP) is 1.05. The Morgan fingerprint density at radius 3 is 2.21 bits per heavy atom. The van der Waals surface area contributed by atoms with E-state index in [-0.39, 0.29) is 19.6 Å². The summed E-state index contributed by atoms with van der Waals surface area (Å²) in [5.74, 6) is -0.211. The van der Waals surface area contributed by atoms with Crippen LogP contribution in [0.5, 0.6) is 0 Å². The van der Waals surface area contributed by atoms with Gasteiger partial charge < -0.3 is 19.5 Å². The van der Waals surface area contributed by atoms with Crippen LogP contribution in [0, 0.1) is 18.3 Å². The Bertz CT molecular complexity index is 498. The number of hydrogen-bond acceptors (Lipinski definition) is 6. The van der Waals surface area contributed by atoms with Crippen LogP contribution in [0.3, 0.4) is 0 Å². The summed E-state index contributed by atoms with van der Waals surface area (Å²) >= 11 is 0. The van der Waals surface area contributed by atoms with Crippen molar-refractivity contribution in [1.29, 1.82) is 0 Å². The molecule has 0 saturated carbocycles. The SMILES string of the molecule is C#CCOC[C@H](CC(=O)OC(C)(C)C)C(=O)NC(C)(C)C(=O)OC. The van der Waals surface area contributed by atoms with E-state index in [2.05, 4.69) is 16.0 Å². The van der Waals surface area contributed by atoms with Gasteiger partial charge in [-0.25, -0.2) is 4.79 Å². The Kier molecular flexibility index (Phi) is 8.48. The summed E-state index contributed by atoms with van der Waals surface area (Å²) in [6.07, 6.45) is 4.92. The third-order valence-electron chi connectivity index (χ3n) is 2.84. The van der Waals surface area contributed by atoms with Crippen LogP contribution in [0.2, 0.25) is 0 Å². The lowest BCUT2D eigenvalue weighted by atomic mass is 10.0. The average Bonchev–Trinajstić information content (AvgIpc) is 2.42. The van der Waals surface area contributed by atoms with Crippen molar-refractivity contribution in [2.45, 2.75) is 52.2 Å². The summed E-state index contributed by atoms with van der Waals surface area (Å²) < 4.78 is 15.0. The molecule has 24 heavy (non-hydrogen) atoms. The van der Waals surface area contributed by atoms with E-state index in [0.29, 0.717) is 0 Å².